The Labute approximate surface area is 55.2 Å². The lowest BCUT2D eigenvalue weighted by molar-refractivity contribution is 0.313. The van der Waals surface area contributed by atoms with E-state index in [4.69, 9.17) is 0 Å². The monoisotopic (exact) mass is 125 g/mol. The highest BCUT2D eigenvalue weighted by Gasteiger charge is 2.09. The Kier molecular flexibility index (Phi) is 2.04. The summed E-state index contributed by atoms with van der Waals surface area (Å²) in [4.78, 5) is 12.3. The summed E-state index contributed by atoms with van der Waals surface area (Å²) in [5.41, 5.74) is 0.952. The van der Waals surface area contributed by atoms with Crippen LogP contribution < -0.4 is 0 Å². The molecule has 1 aliphatic rings. The summed E-state index contributed by atoms with van der Waals surface area (Å²) in [6, 6.07) is 0. The molecule has 0 bridgehead atoms. The highest BCUT2D eigenvalue weighted by atomic mass is 16.1. The zero-order chi connectivity index (χ0) is 6.69. The molecule has 0 radical (unpaired) electrons. The third-order valence-corrected chi connectivity index (χ3v) is 1.73. The molecule has 0 N–H and O–H groups in total. The van der Waals surface area contributed by atoms with Crippen LogP contribution in [0.3, 0.4) is 0 Å². The van der Waals surface area contributed by atoms with Gasteiger partial charge in [0.15, 0.2) is 0 Å². The van der Waals surface area contributed by atoms with Crippen molar-refractivity contribution in [2.24, 2.45) is 0 Å². The van der Waals surface area contributed by atoms with E-state index in [1.807, 2.05) is 5.94 Å². The van der Waals surface area contributed by atoms with E-state index in [2.05, 4.69) is 11.9 Å². The fourth-order valence-corrected chi connectivity index (χ4v) is 0.991. The molecule has 2 nitrogen and oxygen atoms in total. The summed E-state index contributed by atoms with van der Waals surface area (Å²) in [5.74, 6) is 1.96. The maximum atomic E-state index is 10.1. The minimum Gasteiger partial charge on any atom is -0.306 e. The predicted octanol–water partition coefficient (Wildman–Crippen LogP) is 0.470. The first-order valence-electron chi connectivity index (χ1n) is 3.24. The number of hydrogen-bond donors (Lipinski definition) is 0. The molecule has 0 amide bonds. The van der Waals surface area contributed by atoms with E-state index in [0.717, 1.165) is 31.5 Å². The van der Waals surface area contributed by atoms with Crippen LogP contribution in [-0.2, 0) is 4.79 Å². The molecule has 0 atom stereocenters. The lowest BCUT2D eigenvalue weighted by Gasteiger charge is -2.21. The topological polar surface area (TPSA) is 20.3 Å². The molecule has 9 heavy (non-hydrogen) atoms. The maximum Gasteiger partial charge on any atom is 0.123 e. The van der Waals surface area contributed by atoms with Gasteiger partial charge in [-0.3, -0.25) is 0 Å². The first kappa shape index (κ1) is 6.53. The smallest absolute Gasteiger partial charge is 0.123 e. The average Bonchev–Trinajstić information content (AvgIpc) is 1.90. The van der Waals surface area contributed by atoms with Gasteiger partial charge in [0.25, 0.3) is 0 Å². The second kappa shape index (κ2) is 2.81. The van der Waals surface area contributed by atoms with Gasteiger partial charge >= 0.3 is 0 Å². The standard InChI is InChI=1S/C7H11NO/c1-8-4-2-7(6-9)3-5-8/h2-5H2,1H3. The van der Waals surface area contributed by atoms with Crippen LogP contribution in [0.2, 0.25) is 0 Å². The zero-order valence-electron chi connectivity index (χ0n) is 5.68. The molecule has 0 unspecified atom stereocenters. The Balaban J connectivity index is 2.44. The first-order valence-corrected chi connectivity index (χ1v) is 3.24. The lowest BCUT2D eigenvalue weighted by atomic mass is 10.1. The minimum absolute atomic E-state index is 0.917. The van der Waals surface area contributed by atoms with Gasteiger partial charge in [-0.15, -0.1) is 0 Å². The number of hydrogen-bond acceptors (Lipinski definition) is 2. The van der Waals surface area contributed by atoms with Gasteiger partial charge in [0.2, 0.25) is 0 Å². The molecule has 1 saturated heterocycles. The lowest BCUT2D eigenvalue weighted by Crippen LogP contribution is -2.26. The predicted molar refractivity (Wildman–Crippen MR) is 35.9 cm³/mol. The molecule has 0 aliphatic carbocycles. The molecule has 1 heterocycles. The van der Waals surface area contributed by atoms with Gasteiger partial charge in [-0.2, -0.15) is 0 Å². The van der Waals surface area contributed by atoms with Gasteiger partial charge < -0.3 is 4.90 Å². The van der Waals surface area contributed by atoms with Gasteiger partial charge in [-0.05, 0) is 19.9 Å². The number of carbonyl (C=O) groups excluding carboxylic acids is 1. The molecule has 0 spiro atoms. The van der Waals surface area contributed by atoms with Crippen molar-refractivity contribution in [1.29, 1.82) is 0 Å². The Morgan fingerprint density at radius 3 is 2.44 bits per heavy atom. The second-order valence-corrected chi connectivity index (χ2v) is 2.51. The SMILES string of the molecule is CN1CCC(=C=O)CC1. The van der Waals surface area contributed by atoms with Gasteiger partial charge in [0.05, 0.1) is 0 Å². The van der Waals surface area contributed by atoms with E-state index in [1.54, 1.807) is 0 Å². The summed E-state index contributed by atoms with van der Waals surface area (Å²) < 4.78 is 0. The van der Waals surface area contributed by atoms with Crippen LogP contribution >= 0.6 is 0 Å². The Morgan fingerprint density at radius 2 is 2.00 bits per heavy atom. The van der Waals surface area contributed by atoms with Crippen LogP contribution in [0.25, 0.3) is 0 Å². The van der Waals surface area contributed by atoms with Crippen LogP contribution in [0.1, 0.15) is 12.8 Å². The van der Waals surface area contributed by atoms with Crippen molar-refractivity contribution in [1.82, 2.24) is 4.90 Å². The summed E-state index contributed by atoms with van der Waals surface area (Å²) >= 11 is 0. The highest BCUT2D eigenvalue weighted by molar-refractivity contribution is 5.52. The van der Waals surface area contributed by atoms with Crippen LogP contribution in [0.5, 0.6) is 0 Å². The molecular weight excluding hydrogens is 114 g/mol. The normalized spacial score (nSPS) is 21.7. The van der Waals surface area contributed by atoms with Crippen molar-refractivity contribution in [2.75, 3.05) is 20.1 Å². The van der Waals surface area contributed by atoms with Gasteiger partial charge in [0, 0.05) is 18.7 Å². The molecule has 2 heteroatoms. The number of rotatable bonds is 0. The largest absolute Gasteiger partial charge is 0.306 e. The molecule has 1 aliphatic heterocycles. The van der Waals surface area contributed by atoms with Gasteiger partial charge in [-0.25, -0.2) is 4.79 Å². The fourth-order valence-electron chi connectivity index (χ4n) is 0.991. The van der Waals surface area contributed by atoms with Gasteiger partial charge in [-0.1, -0.05) is 0 Å². The van der Waals surface area contributed by atoms with Crippen molar-refractivity contribution >= 4 is 5.94 Å². The molecule has 0 aromatic heterocycles. The number of nitrogens with zero attached hydrogens (tertiary/aromatic N) is 1. The fraction of sp³-hybridized carbons (Fsp3) is 0.714. The van der Waals surface area contributed by atoms with Crippen LogP contribution in [-0.4, -0.2) is 31.0 Å². The highest BCUT2D eigenvalue weighted by Crippen LogP contribution is 2.10. The third-order valence-electron chi connectivity index (χ3n) is 1.73. The van der Waals surface area contributed by atoms with Crippen molar-refractivity contribution in [3.8, 4) is 0 Å². The van der Waals surface area contributed by atoms with E-state index < -0.39 is 0 Å². The summed E-state index contributed by atoms with van der Waals surface area (Å²) in [5, 5.41) is 0. The third kappa shape index (κ3) is 1.67. The van der Waals surface area contributed by atoms with Crippen molar-refractivity contribution in [3.05, 3.63) is 5.57 Å². The van der Waals surface area contributed by atoms with E-state index in [0.29, 0.717) is 0 Å². The average molecular weight is 125 g/mol. The van der Waals surface area contributed by atoms with E-state index in [1.165, 1.54) is 0 Å². The summed E-state index contributed by atoms with van der Waals surface area (Å²) in [7, 11) is 2.07. The molecule has 0 aromatic rings. The molecule has 0 aromatic carbocycles. The van der Waals surface area contributed by atoms with Crippen molar-refractivity contribution in [2.45, 2.75) is 12.8 Å². The molecule has 0 saturated carbocycles. The first-order chi connectivity index (χ1) is 4.33. The van der Waals surface area contributed by atoms with Gasteiger partial charge in [0.1, 0.15) is 5.94 Å². The zero-order valence-corrected chi connectivity index (χ0v) is 5.68. The Morgan fingerprint density at radius 1 is 1.44 bits per heavy atom. The summed E-state index contributed by atoms with van der Waals surface area (Å²) in [6.07, 6.45) is 1.83. The number of likely N-dealkylation sites (tertiary alicyclic amines) is 1. The minimum atomic E-state index is 0.917. The number of piperidine rings is 1. The van der Waals surface area contributed by atoms with Crippen LogP contribution in [0.4, 0.5) is 0 Å². The molecule has 50 valence electrons. The van der Waals surface area contributed by atoms with Crippen molar-refractivity contribution in [3.63, 3.8) is 0 Å². The second-order valence-electron chi connectivity index (χ2n) is 2.51. The maximum absolute atomic E-state index is 10.1. The Hall–Kier alpha value is -0.590. The molecular formula is C7H11NO. The van der Waals surface area contributed by atoms with E-state index >= 15 is 0 Å². The van der Waals surface area contributed by atoms with E-state index in [9.17, 15) is 4.79 Å². The summed E-state index contributed by atoms with van der Waals surface area (Å²) in [6.45, 7) is 2.04. The Bertz CT molecular complexity index is 137. The quantitative estimate of drug-likeness (QED) is 0.439. The molecule has 1 fully saturated rings. The molecule has 1 rings (SSSR count). The van der Waals surface area contributed by atoms with E-state index in [-0.39, 0.29) is 0 Å². The van der Waals surface area contributed by atoms with Crippen LogP contribution in [0.15, 0.2) is 5.57 Å². The van der Waals surface area contributed by atoms with Crippen LogP contribution in [0, 0.1) is 0 Å². The van der Waals surface area contributed by atoms with Crippen molar-refractivity contribution < 1.29 is 4.79 Å².